The zero-order valence-corrected chi connectivity index (χ0v) is 16.5. The van der Waals surface area contributed by atoms with E-state index in [2.05, 4.69) is 4.72 Å². The summed E-state index contributed by atoms with van der Waals surface area (Å²) in [6.07, 6.45) is 6.32. The van der Waals surface area contributed by atoms with Crippen LogP contribution in [0.2, 0.25) is 0 Å². The van der Waals surface area contributed by atoms with E-state index in [-0.39, 0.29) is 4.90 Å². The van der Waals surface area contributed by atoms with Gasteiger partial charge in [0.1, 0.15) is 5.75 Å². The molecule has 6 heteroatoms. The fraction of sp³-hybridized carbons (Fsp3) is 0.429. The van der Waals surface area contributed by atoms with Crippen LogP contribution in [0.3, 0.4) is 0 Å². The van der Waals surface area contributed by atoms with Crippen molar-refractivity contribution in [2.75, 3.05) is 18.4 Å². The van der Waals surface area contributed by atoms with Crippen LogP contribution in [-0.4, -0.2) is 22.1 Å². The maximum Gasteiger partial charge on any atom is 0.261 e. The summed E-state index contributed by atoms with van der Waals surface area (Å²) in [5, 5.41) is 0. The van der Waals surface area contributed by atoms with Gasteiger partial charge in [0, 0.05) is 12.7 Å². The van der Waals surface area contributed by atoms with E-state index < -0.39 is 10.0 Å². The van der Waals surface area contributed by atoms with E-state index in [1.807, 2.05) is 12.1 Å². The van der Waals surface area contributed by atoms with Crippen molar-refractivity contribution in [1.29, 1.82) is 0 Å². The number of methoxy groups -OCH3 is 1. The Balaban J connectivity index is 1.64. The number of anilines is 1. The fourth-order valence-electron chi connectivity index (χ4n) is 3.39. The molecule has 27 heavy (non-hydrogen) atoms. The number of rotatable bonds is 8. The first-order valence-corrected chi connectivity index (χ1v) is 10.9. The van der Waals surface area contributed by atoms with E-state index in [4.69, 9.17) is 9.47 Å². The second-order valence-electron chi connectivity index (χ2n) is 6.98. The number of para-hydroxylation sites is 1. The second kappa shape index (κ2) is 9.24. The Bertz CT molecular complexity index is 828. The molecule has 1 aliphatic carbocycles. The molecule has 1 N–H and O–H groups in total. The van der Waals surface area contributed by atoms with E-state index in [9.17, 15) is 8.42 Å². The molecule has 0 bridgehead atoms. The molecule has 0 heterocycles. The quantitative estimate of drug-likeness (QED) is 0.717. The van der Waals surface area contributed by atoms with Gasteiger partial charge in [-0.2, -0.15) is 0 Å². The Labute approximate surface area is 161 Å². The second-order valence-corrected chi connectivity index (χ2v) is 8.66. The highest BCUT2D eigenvalue weighted by atomic mass is 32.2. The highest BCUT2D eigenvalue weighted by Crippen LogP contribution is 2.26. The van der Waals surface area contributed by atoms with Gasteiger partial charge in [0.25, 0.3) is 10.0 Å². The number of hydrogen-bond acceptors (Lipinski definition) is 4. The van der Waals surface area contributed by atoms with Crippen LogP contribution in [-0.2, 0) is 21.4 Å². The van der Waals surface area contributed by atoms with Crippen molar-refractivity contribution in [1.82, 2.24) is 0 Å². The summed E-state index contributed by atoms with van der Waals surface area (Å²) in [5.41, 5.74) is 1.31. The SMILES string of the molecule is COCc1ccccc1NS(=O)(=O)c1ccc(OCC2CCCCC2)cc1. The maximum absolute atomic E-state index is 12.7. The molecule has 2 aromatic carbocycles. The van der Waals surface area contributed by atoms with Crippen LogP contribution in [0.15, 0.2) is 53.4 Å². The standard InChI is InChI=1S/C21H27NO4S/c1-25-16-18-9-5-6-10-21(18)22-27(23,24)20-13-11-19(12-14-20)26-15-17-7-3-2-4-8-17/h5-6,9-14,17,22H,2-4,7-8,15-16H2,1H3. The van der Waals surface area contributed by atoms with Gasteiger partial charge in [-0.05, 0) is 49.1 Å². The molecule has 0 unspecified atom stereocenters. The van der Waals surface area contributed by atoms with E-state index in [1.54, 1.807) is 43.5 Å². The molecule has 0 spiro atoms. The van der Waals surface area contributed by atoms with Crippen LogP contribution in [0.25, 0.3) is 0 Å². The van der Waals surface area contributed by atoms with Crippen LogP contribution in [0.5, 0.6) is 5.75 Å². The maximum atomic E-state index is 12.7. The normalized spacial score (nSPS) is 15.4. The number of nitrogens with one attached hydrogen (secondary N) is 1. The third-order valence-electron chi connectivity index (χ3n) is 4.91. The third-order valence-corrected chi connectivity index (χ3v) is 6.29. The van der Waals surface area contributed by atoms with Gasteiger partial charge in [0.2, 0.25) is 0 Å². The van der Waals surface area contributed by atoms with Crippen molar-refractivity contribution < 1.29 is 17.9 Å². The van der Waals surface area contributed by atoms with E-state index >= 15 is 0 Å². The van der Waals surface area contributed by atoms with Crippen molar-refractivity contribution in [2.45, 2.75) is 43.6 Å². The Kier molecular flexibility index (Phi) is 6.74. The summed E-state index contributed by atoms with van der Waals surface area (Å²) in [4.78, 5) is 0.208. The number of benzene rings is 2. The predicted octanol–water partition coefficient (Wildman–Crippen LogP) is 4.59. The van der Waals surface area contributed by atoms with Gasteiger partial charge in [0.05, 0.1) is 23.8 Å². The topological polar surface area (TPSA) is 64.6 Å². The fourth-order valence-corrected chi connectivity index (χ4v) is 4.49. The molecule has 0 saturated heterocycles. The van der Waals surface area contributed by atoms with Crippen molar-refractivity contribution >= 4 is 15.7 Å². The van der Waals surface area contributed by atoms with Crippen molar-refractivity contribution in [3.8, 4) is 5.75 Å². The summed E-state index contributed by atoms with van der Waals surface area (Å²) in [7, 11) is -2.09. The Morgan fingerprint density at radius 3 is 2.41 bits per heavy atom. The lowest BCUT2D eigenvalue weighted by Crippen LogP contribution is -2.16. The number of ether oxygens (including phenoxy) is 2. The van der Waals surface area contributed by atoms with E-state index in [0.29, 0.717) is 30.6 Å². The van der Waals surface area contributed by atoms with Gasteiger partial charge < -0.3 is 9.47 Å². The van der Waals surface area contributed by atoms with Crippen molar-refractivity contribution in [3.63, 3.8) is 0 Å². The number of hydrogen-bond donors (Lipinski definition) is 1. The van der Waals surface area contributed by atoms with Crippen LogP contribution >= 0.6 is 0 Å². The van der Waals surface area contributed by atoms with Crippen LogP contribution in [0.1, 0.15) is 37.7 Å². The summed E-state index contributed by atoms with van der Waals surface area (Å²) < 4.78 is 39.0. The first-order chi connectivity index (χ1) is 13.1. The van der Waals surface area contributed by atoms with Gasteiger partial charge in [-0.25, -0.2) is 8.42 Å². The lowest BCUT2D eigenvalue weighted by atomic mass is 9.90. The molecular formula is C21H27NO4S. The van der Waals surface area contributed by atoms with Crippen LogP contribution in [0.4, 0.5) is 5.69 Å². The molecule has 146 valence electrons. The first-order valence-electron chi connectivity index (χ1n) is 9.41. The first kappa shape index (κ1) is 19.7. The largest absolute Gasteiger partial charge is 0.493 e. The molecular weight excluding hydrogens is 362 g/mol. The zero-order valence-electron chi connectivity index (χ0n) is 15.7. The van der Waals surface area contributed by atoms with Crippen molar-refractivity contribution in [3.05, 3.63) is 54.1 Å². The molecule has 0 amide bonds. The Morgan fingerprint density at radius 1 is 1.00 bits per heavy atom. The summed E-state index contributed by atoms with van der Waals surface area (Å²) in [6, 6.07) is 13.8. The summed E-state index contributed by atoms with van der Waals surface area (Å²) >= 11 is 0. The minimum atomic E-state index is -3.67. The summed E-state index contributed by atoms with van der Waals surface area (Å²) in [5.74, 6) is 1.32. The minimum Gasteiger partial charge on any atom is -0.493 e. The van der Waals surface area contributed by atoms with Crippen molar-refractivity contribution in [2.24, 2.45) is 5.92 Å². The van der Waals surface area contributed by atoms with Gasteiger partial charge >= 0.3 is 0 Å². The Hall–Kier alpha value is -2.05. The molecule has 5 nitrogen and oxygen atoms in total. The number of sulfonamides is 1. The van der Waals surface area contributed by atoms with Gasteiger partial charge in [-0.15, -0.1) is 0 Å². The highest BCUT2D eigenvalue weighted by Gasteiger charge is 2.17. The molecule has 3 rings (SSSR count). The van der Waals surface area contributed by atoms with Gasteiger partial charge in [-0.1, -0.05) is 37.5 Å². The molecule has 1 aliphatic rings. The molecule has 0 aliphatic heterocycles. The average molecular weight is 390 g/mol. The molecule has 0 aromatic heterocycles. The predicted molar refractivity (Wildman–Crippen MR) is 106 cm³/mol. The summed E-state index contributed by atoms with van der Waals surface area (Å²) in [6.45, 7) is 1.04. The molecule has 2 aromatic rings. The third kappa shape index (κ3) is 5.47. The smallest absolute Gasteiger partial charge is 0.261 e. The molecule has 0 atom stereocenters. The van der Waals surface area contributed by atoms with Gasteiger partial charge in [0.15, 0.2) is 0 Å². The minimum absolute atomic E-state index is 0.208. The molecule has 1 saturated carbocycles. The average Bonchev–Trinajstić information content (AvgIpc) is 2.69. The lowest BCUT2D eigenvalue weighted by molar-refractivity contribution is 0.185. The highest BCUT2D eigenvalue weighted by molar-refractivity contribution is 7.92. The van der Waals surface area contributed by atoms with Gasteiger partial charge in [-0.3, -0.25) is 4.72 Å². The van der Waals surface area contributed by atoms with Crippen LogP contribution in [0, 0.1) is 5.92 Å². The van der Waals surface area contributed by atoms with E-state index in [1.165, 1.54) is 32.1 Å². The monoisotopic (exact) mass is 389 g/mol. The van der Waals surface area contributed by atoms with E-state index in [0.717, 1.165) is 5.56 Å². The molecule has 0 radical (unpaired) electrons. The lowest BCUT2D eigenvalue weighted by Gasteiger charge is -2.21. The molecule has 1 fully saturated rings. The Morgan fingerprint density at radius 2 is 1.70 bits per heavy atom. The van der Waals surface area contributed by atoms with Crippen LogP contribution < -0.4 is 9.46 Å². The zero-order chi connectivity index (χ0) is 19.1.